The van der Waals surface area contributed by atoms with Crippen molar-refractivity contribution in [3.63, 3.8) is 0 Å². The number of aromatic nitrogens is 1. The van der Waals surface area contributed by atoms with Crippen molar-refractivity contribution in [1.29, 1.82) is 0 Å². The van der Waals surface area contributed by atoms with Gasteiger partial charge < -0.3 is 9.84 Å². The highest BCUT2D eigenvalue weighted by atomic mass is 16.5. The lowest BCUT2D eigenvalue weighted by Crippen LogP contribution is -2.53. The third-order valence-corrected chi connectivity index (χ3v) is 7.18. The molecular weight excluding hydrogens is 454 g/mol. The molecule has 0 spiro atoms. The van der Waals surface area contributed by atoms with Crippen LogP contribution in [0.4, 0.5) is 0 Å². The monoisotopic (exact) mass is 480 g/mol. The van der Waals surface area contributed by atoms with Crippen molar-refractivity contribution in [3.05, 3.63) is 90.0 Å². The molecular formula is C28H26N5O3+. The van der Waals surface area contributed by atoms with Crippen molar-refractivity contribution < 1.29 is 19.2 Å². The summed E-state index contributed by atoms with van der Waals surface area (Å²) in [7, 11) is 0. The van der Waals surface area contributed by atoms with Crippen LogP contribution in [0.3, 0.4) is 0 Å². The van der Waals surface area contributed by atoms with Crippen LogP contribution in [0.15, 0.2) is 94.4 Å². The lowest BCUT2D eigenvalue weighted by atomic mass is 9.80. The third-order valence-electron chi connectivity index (χ3n) is 7.18. The summed E-state index contributed by atoms with van der Waals surface area (Å²) >= 11 is 0. The fourth-order valence-electron chi connectivity index (χ4n) is 5.22. The van der Waals surface area contributed by atoms with E-state index in [9.17, 15) is 9.90 Å². The number of para-hydroxylation sites is 1. The zero-order chi connectivity index (χ0) is 24.7. The first-order chi connectivity index (χ1) is 17.5. The number of amidine groups is 1. The molecule has 3 aliphatic rings. The number of fused-ring (bicyclic) bond motifs is 2. The van der Waals surface area contributed by atoms with Crippen molar-refractivity contribution in [3.8, 4) is 11.6 Å². The number of aliphatic imine (C=N–C) groups is 2. The number of allylic oxidation sites excluding steroid dienone is 2. The fourth-order valence-corrected chi connectivity index (χ4v) is 5.22. The maximum Gasteiger partial charge on any atom is 0.306 e. The van der Waals surface area contributed by atoms with E-state index in [1.807, 2.05) is 66.9 Å². The van der Waals surface area contributed by atoms with Crippen LogP contribution in [0.25, 0.3) is 10.9 Å². The van der Waals surface area contributed by atoms with Crippen LogP contribution in [-0.4, -0.2) is 32.7 Å². The quantitative estimate of drug-likeness (QED) is 0.388. The molecule has 0 saturated heterocycles. The van der Waals surface area contributed by atoms with E-state index < -0.39 is 5.97 Å². The number of hydrogen-bond donors (Lipinski definition) is 2. The van der Waals surface area contributed by atoms with Gasteiger partial charge in [-0.2, -0.15) is 10.8 Å². The molecule has 8 nitrogen and oxygen atoms in total. The molecule has 180 valence electrons. The Morgan fingerprint density at radius 1 is 1.03 bits per heavy atom. The molecule has 0 amide bonds. The van der Waals surface area contributed by atoms with E-state index in [2.05, 4.69) is 4.99 Å². The predicted molar refractivity (Wildman–Crippen MR) is 137 cm³/mol. The smallest absolute Gasteiger partial charge is 0.306 e. The second kappa shape index (κ2) is 8.82. The Labute approximate surface area is 208 Å². The van der Waals surface area contributed by atoms with Crippen LogP contribution >= 0.6 is 0 Å². The van der Waals surface area contributed by atoms with Gasteiger partial charge in [0, 0.05) is 17.4 Å². The zero-order valence-electron chi connectivity index (χ0n) is 19.6. The first-order valence-electron chi connectivity index (χ1n) is 12.1. The Morgan fingerprint density at radius 3 is 2.58 bits per heavy atom. The molecule has 1 fully saturated rings. The van der Waals surface area contributed by atoms with Gasteiger partial charge in [-0.25, -0.2) is 4.98 Å². The van der Waals surface area contributed by atoms with Gasteiger partial charge in [0.05, 0.1) is 29.4 Å². The number of quaternary nitrogens is 1. The average molecular weight is 481 g/mol. The van der Waals surface area contributed by atoms with E-state index in [4.69, 9.17) is 20.6 Å². The number of hydrogen-bond acceptors (Lipinski definition) is 6. The van der Waals surface area contributed by atoms with Crippen molar-refractivity contribution in [2.24, 2.45) is 27.7 Å². The second-order valence-corrected chi connectivity index (χ2v) is 9.42. The van der Waals surface area contributed by atoms with E-state index in [0.29, 0.717) is 24.6 Å². The van der Waals surface area contributed by atoms with Gasteiger partial charge in [0.25, 0.3) is 5.84 Å². The molecule has 1 aromatic heterocycles. The number of nitrogens with two attached hydrogens (primary N) is 1. The normalized spacial score (nSPS) is 25.1. The first kappa shape index (κ1) is 22.3. The third kappa shape index (κ3) is 3.90. The van der Waals surface area contributed by atoms with Gasteiger partial charge in [0.1, 0.15) is 17.6 Å². The zero-order valence-corrected chi connectivity index (χ0v) is 19.6. The lowest BCUT2D eigenvalue weighted by Gasteiger charge is -2.28. The summed E-state index contributed by atoms with van der Waals surface area (Å²) in [6.45, 7) is 0. The largest absolute Gasteiger partial charge is 0.481 e. The van der Waals surface area contributed by atoms with Gasteiger partial charge in [-0.1, -0.05) is 24.3 Å². The molecule has 0 radical (unpaired) electrons. The predicted octanol–water partition coefficient (Wildman–Crippen LogP) is 5.14. The van der Waals surface area contributed by atoms with Gasteiger partial charge in [-0.3, -0.25) is 9.79 Å². The first-order valence-corrected chi connectivity index (χ1v) is 12.1. The minimum absolute atomic E-state index is 0.0661. The van der Waals surface area contributed by atoms with Gasteiger partial charge in [-0.15, -0.1) is 4.59 Å². The topological polar surface area (TPSA) is 110 Å². The molecule has 36 heavy (non-hydrogen) atoms. The summed E-state index contributed by atoms with van der Waals surface area (Å²) in [6, 6.07) is 19.4. The van der Waals surface area contributed by atoms with E-state index in [0.717, 1.165) is 46.5 Å². The summed E-state index contributed by atoms with van der Waals surface area (Å²) < 4.78 is 5.86. The van der Waals surface area contributed by atoms with Crippen LogP contribution in [0.1, 0.15) is 31.2 Å². The Bertz CT molecular complexity index is 1470. The van der Waals surface area contributed by atoms with E-state index in [1.165, 1.54) is 0 Å². The molecule has 3 aromatic rings. The Balaban J connectivity index is 1.35. The Kier molecular flexibility index (Phi) is 5.47. The maximum atomic E-state index is 11.4. The van der Waals surface area contributed by atoms with Gasteiger partial charge >= 0.3 is 5.97 Å². The number of carboxylic acid groups (broad SMARTS) is 1. The van der Waals surface area contributed by atoms with Crippen molar-refractivity contribution in [2.45, 2.75) is 25.7 Å². The van der Waals surface area contributed by atoms with Gasteiger partial charge in [-0.05, 0) is 56.0 Å². The Hall–Kier alpha value is -4.14. The molecule has 1 aliphatic carbocycles. The van der Waals surface area contributed by atoms with Crippen molar-refractivity contribution in [2.75, 3.05) is 0 Å². The summed E-state index contributed by atoms with van der Waals surface area (Å²) in [5.41, 5.74) is 3.38. The summed E-state index contributed by atoms with van der Waals surface area (Å²) in [5, 5.41) is 10.4. The number of ether oxygens (including phenoxy) is 1. The molecule has 3 heterocycles. The second-order valence-electron chi connectivity index (χ2n) is 9.42. The maximum absolute atomic E-state index is 11.4. The number of carbonyl (C=O) groups is 1. The van der Waals surface area contributed by atoms with E-state index in [-0.39, 0.29) is 16.4 Å². The minimum Gasteiger partial charge on any atom is -0.481 e. The van der Waals surface area contributed by atoms with E-state index in [1.54, 1.807) is 12.4 Å². The van der Waals surface area contributed by atoms with Gasteiger partial charge in [0.15, 0.2) is 0 Å². The lowest BCUT2D eigenvalue weighted by molar-refractivity contribution is -0.750. The van der Waals surface area contributed by atoms with E-state index >= 15 is 0 Å². The molecule has 2 aromatic carbocycles. The fraction of sp³-hybridized carbons (Fsp3) is 0.214. The molecule has 0 bridgehead atoms. The van der Waals surface area contributed by atoms with Crippen molar-refractivity contribution >= 4 is 28.9 Å². The number of benzene rings is 2. The number of carboxylic acids is 1. The summed E-state index contributed by atoms with van der Waals surface area (Å²) in [6.07, 6.45) is 8.12. The molecule has 2 aliphatic heterocycles. The molecule has 6 rings (SSSR count). The molecule has 3 N–H and O–H groups in total. The average Bonchev–Trinajstić information content (AvgIpc) is 3.22. The van der Waals surface area contributed by atoms with Crippen LogP contribution in [0.2, 0.25) is 0 Å². The minimum atomic E-state index is -0.716. The number of pyridine rings is 1. The SMILES string of the molecule is N[N+]12C=CN=CC1=C(C1CCC(C(=O)O)CC1)N=C2c1ccc2ccc(Oc3ccccc3)nc2c1. The summed E-state index contributed by atoms with van der Waals surface area (Å²) in [4.78, 5) is 25.5. The molecule has 1 saturated carbocycles. The standard InChI is InChI=1S/C28H25N5O3/c29-33-15-14-30-17-24(33)26(19-7-9-20(10-8-19)28(34)35)32-27(33)21-11-6-18-12-13-25(31-23(18)16-21)36-22-4-2-1-3-5-22/h1-6,11-17,19-20H,7-10,29H2/p+1. The van der Waals surface area contributed by atoms with Crippen LogP contribution in [0, 0.1) is 11.8 Å². The molecule has 8 heteroatoms. The summed E-state index contributed by atoms with van der Waals surface area (Å²) in [5.74, 6) is 8.00. The van der Waals surface area contributed by atoms with Crippen LogP contribution < -0.4 is 10.6 Å². The number of nitrogens with zero attached hydrogens (tertiary/aromatic N) is 4. The molecule has 1 unspecified atom stereocenters. The molecule has 1 atom stereocenters. The van der Waals surface area contributed by atoms with Crippen LogP contribution in [-0.2, 0) is 4.79 Å². The Morgan fingerprint density at radius 2 is 1.81 bits per heavy atom. The van der Waals surface area contributed by atoms with Gasteiger partial charge in [0.2, 0.25) is 11.6 Å². The number of rotatable bonds is 5. The van der Waals surface area contributed by atoms with Crippen LogP contribution in [0.5, 0.6) is 11.6 Å². The van der Waals surface area contributed by atoms with Crippen molar-refractivity contribution in [1.82, 2.24) is 4.98 Å². The highest BCUT2D eigenvalue weighted by Gasteiger charge is 2.46. The highest BCUT2D eigenvalue weighted by molar-refractivity contribution is 6.02. The highest BCUT2D eigenvalue weighted by Crippen LogP contribution is 2.41. The number of aliphatic carboxylic acids is 1.